The number of carbonyl (C=O) groups is 2. The number of hydrogen-bond donors (Lipinski definition) is 2. The first-order valence-corrected chi connectivity index (χ1v) is 11.3. The van der Waals surface area contributed by atoms with E-state index in [9.17, 15) is 9.59 Å². The van der Waals surface area contributed by atoms with Gasteiger partial charge in [-0.05, 0) is 31.7 Å². The number of aromatic nitrogens is 1. The zero-order valence-electron chi connectivity index (χ0n) is 17.8. The maximum Gasteiger partial charge on any atom is 0.340 e. The lowest BCUT2D eigenvalue weighted by Crippen LogP contribution is -2.75. The van der Waals surface area contributed by atoms with Crippen LogP contribution in [0.2, 0.25) is 0 Å². The third-order valence-corrected chi connectivity index (χ3v) is 7.94. The number of nitrogens with two attached hydrogens (primary N) is 1. The lowest BCUT2D eigenvalue weighted by Gasteiger charge is -2.61. The van der Waals surface area contributed by atoms with Gasteiger partial charge in [0.2, 0.25) is 0 Å². The van der Waals surface area contributed by atoms with Crippen LogP contribution in [0.4, 0.5) is 0 Å². The van der Waals surface area contributed by atoms with Gasteiger partial charge in [-0.1, -0.05) is 32.0 Å². The van der Waals surface area contributed by atoms with Gasteiger partial charge in [-0.3, -0.25) is 9.69 Å². The summed E-state index contributed by atoms with van der Waals surface area (Å²) in [4.78, 5) is 31.6. The summed E-state index contributed by atoms with van der Waals surface area (Å²) in [6, 6.07) is 8.12. The van der Waals surface area contributed by atoms with Crippen molar-refractivity contribution >= 4 is 22.7 Å². The summed E-state index contributed by atoms with van der Waals surface area (Å²) in [6.45, 7) is 4.17. The fourth-order valence-corrected chi connectivity index (χ4v) is 6.23. The standard InChI is InChI=1S/C24H31N3O3/c1-3-24(25,4-2)22-21(28)14-9-15-11-17(12-16(10-14)27(15)22)30-23(29)19-13-26-20-8-6-5-7-18(19)20/h5-8,13-17,22,26H,3-4,9-12,25H2,1-2H3. The molecule has 0 aliphatic carbocycles. The zero-order chi connectivity index (χ0) is 21.0. The fourth-order valence-electron chi connectivity index (χ4n) is 6.23. The molecule has 2 aromatic rings. The first kappa shape index (κ1) is 19.8. The van der Waals surface area contributed by atoms with Crippen LogP contribution in [0.5, 0.6) is 0 Å². The van der Waals surface area contributed by atoms with E-state index in [2.05, 4.69) is 23.7 Å². The molecule has 6 rings (SSSR count). The van der Waals surface area contributed by atoms with Gasteiger partial charge < -0.3 is 15.5 Å². The number of rotatable bonds is 5. The van der Waals surface area contributed by atoms with Gasteiger partial charge in [0.25, 0.3) is 0 Å². The molecule has 1 aromatic heterocycles. The number of Topliss-reactive ketones (excluding diaryl/α,β-unsaturated/α-hetero) is 1. The second kappa shape index (κ2) is 7.20. The van der Waals surface area contributed by atoms with Crippen LogP contribution in [0, 0.1) is 5.92 Å². The quantitative estimate of drug-likeness (QED) is 0.739. The average molecular weight is 410 g/mol. The predicted molar refractivity (Wildman–Crippen MR) is 115 cm³/mol. The molecular formula is C24H31N3O3. The molecule has 6 nitrogen and oxygen atoms in total. The van der Waals surface area contributed by atoms with E-state index in [0.29, 0.717) is 11.3 Å². The summed E-state index contributed by atoms with van der Waals surface area (Å²) in [7, 11) is 0. The molecule has 5 heterocycles. The molecule has 4 bridgehead atoms. The summed E-state index contributed by atoms with van der Waals surface area (Å²) in [5.74, 6) is 0.185. The van der Waals surface area contributed by atoms with Crippen LogP contribution in [0.3, 0.4) is 0 Å². The van der Waals surface area contributed by atoms with Crippen molar-refractivity contribution in [1.82, 2.24) is 9.88 Å². The van der Waals surface area contributed by atoms with E-state index in [1.165, 1.54) is 0 Å². The third-order valence-electron chi connectivity index (χ3n) is 7.94. The van der Waals surface area contributed by atoms with Crippen LogP contribution in [0.15, 0.2) is 30.5 Å². The van der Waals surface area contributed by atoms with Crippen LogP contribution < -0.4 is 5.73 Å². The number of carbonyl (C=O) groups excluding carboxylic acids is 2. The molecule has 4 fully saturated rings. The fraction of sp³-hybridized carbons (Fsp3) is 0.583. The van der Waals surface area contributed by atoms with Crippen molar-refractivity contribution in [2.75, 3.05) is 0 Å². The Morgan fingerprint density at radius 1 is 1.17 bits per heavy atom. The Kier molecular flexibility index (Phi) is 4.75. The second-order valence-electron chi connectivity index (χ2n) is 9.42. The molecule has 3 atom stereocenters. The Morgan fingerprint density at radius 2 is 1.83 bits per heavy atom. The Morgan fingerprint density at radius 3 is 2.50 bits per heavy atom. The lowest BCUT2D eigenvalue weighted by molar-refractivity contribution is -0.164. The van der Waals surface area contributed by atoms with E-state index in [1.54, 1.807) is 6.20 Å². The molecule has 1 aromatic carbocycles. The van der Waals surface area contributed by atoms with E-state index in [4.69, 9.17) is 10.5 Å². The first-order chi connectivity index (χ1) is 14.4. The van der Waals surface area contributed by atoms with Crippen LogP contribution in [0.1, 0.15) is 62.7 Å². The SMILES string of the molecule is CCC(N)(CC)C1C(=O)C2CC3CC(OC(=O)c4c[nH]c5ccccc45)CC(C2)N31. The van der Waals surface area contributed by atoms with E-state index < -0.39 is 5.54 Å². The Bertz CT molecular complexity index is 963. The van der Waals surface area contributed by atoms with Gasteiger partial charge in [0.05, 0.1) is 11.6 Å². The highest BCUT2D eigenvalue weighted by molar-refractivity contribution is 6.04. The summed E-state index contributed by atoms with van der Waals surface area (Å²) < 4.78 is 5.99. The molecule has 3 unspecified atom stereocenters. The molecule has 3 N–H and O–H groups in total. The van der Waals surface area contributed by atoms with Crippen molar-refractivity contribution in [2.45, 2.75) is 82.1 Å². The lowest BCUT2D eigenvalue weighted by atomic mass is 9.64. The average Bonchev–Trinajstić information content (AvgIpc) is 3.17. The minimum Gasteiger partial charge on any atom is -0.459 e. The maximum atomic E-state index is 13.1. The molecule has 6 heteroatoms. The number of piperidine rings is 4. The predicted octanol–water partition coefficient (Wildman–Crippen LogP) is 3.41. The number of hydrogen-bond acceptors (Lipinski definition) is 5. The van der Waals surface area contributed by atoms with Gasteiger partial charge in [0, 0.05) is 53.5 Å². The Hall–Kier alpha value is -2.18. The number of esters is 1. The number of ether oxygens (including phenoxy) is 1. The summed E-state index contributed by atoms with van der Waals surface area (Å²) in [5, 5.41) is 0.894. The van der Waals surface area contributed by atoms with Gasteiger partial charge in [0.1, 0.15) is 6.10 Å². The van der Waals surface area contributed by atoms with Crippen molar-refractivity contribution in [3.05, 3.63) is 36.0 Å². The number of fused-ring (bicyclic) bond motifs is 2. The number of H-pyrrole nitrogens is 1. The van der Waals surface area contributed by atoms with E-state index in [-0.39, 0.29) is 36.1 Å². The third kappa shape index (κ3) is 2.92. The number of nitrogens with one attached hydrogen (secondary N) is 1. The van der Waals surface area contributed by atoms with Crippen LogP contribution in [-0.2, 0) is 9.53 Å². The first-order valence-electron chi connectivity index (χ1n) is 11.3. The molecule has 4 aliphatic rings. The summed E-state index contributed by atoms with van der Waals surface area (Å²) in [6.07, 6.45) is 6.53. The monoisotopic (exact) mass is 409 g/mol. The molecule has 4 aliphatic heterocycles. The van der Waals surface area contributed by atoms with Crippen molar-refractivity contribution in [3.8, 4) is 0 Å². The number of benzene rings is 1. The Labute approximate surface area is 177 Å². The van der Waals surface area contributed by atoms with Crippen molar-refractivity contribution < 1.29 is 14.3 Å². The molecule has 0 spiro atoms. The topological polar surface area (TPSA) is 88.4 Å². The Balaban J connectivity index is 1.34. The highest BCUT2D eigenvalue weighted by Gasteiger charge is 2.58. The molecule has 160 valence electrons. The molecule has 0 amide bonds. The van der Waals surface area contributed by atoms with Gasteiger partial charge in [-0.15, -0.1) is 0 Å². The largest absolute Gasteiger partial charge is 0.459 e. The number of nitrogens with zero attached hydrogens (tertiary/aromatic N) is 1. The van der Waals surface area contributed by atoms with Gasteiger partial charge in [-0.2, -0.15) is 0 Å². The minimum atomic E-state index is -0.472. The van der Waals surface area contributed by atoms with E-state index >= 15 is 0 Å². The van der Waals surface area contributed by atoms with E-state index in [0.717, 1.165) is 49.4 Å². The normalized spacial score (nSPS) is 33.1. The van der Waals surface area contributed by atoms with Crippen LogP contribution in [0.25, 0.3) is 10.9 Å². The molecule has 0 saturated carbocycles. The molecule has 4 saturated heterocycles. The maximum absolute atomic E-state index is 13.1. The minimum absolute atomic E-state index is 0.109. The molecule has 0 radical (unpaired) electrons. The van der Waals surface area contributed by atoms with Crippen molar-refractivity contribution in [2.24, 2.45) is 11.7 Å². The number of ketones is 1. The summed E-state index contributed by atoms with van der Waals surface area (Å²) >= 11 is 0. The molecule has 30 heavy (non-hydrogen) atoms. The highest BCUT2D eigenvalue weighted by Crippen LogP contribution is 2.47. The van der Waals surface area contributed by atoms with Gasteiger partial charge in [0.15, 0.2) is 5.78 Å². The van der Waals surface area contributed by atoms with Crippen molar-refractivity contribution in [3.63, 3.8) is 0 Å². The number of aromatic amines is 1. The summed E-state index contributed by atoms with van der Waals surface area (Å²) in [5.41, 5.74) is 7.79. The number of para-hydroxylation sites is 1. The highest BCUT2D eigenvalue weighted by atomic mass is 16.5. The van der Waals surface area contributed by atoms with Crippen LogP contribution >= 0.6 is 0 Å². The second-order valence-corrected chi connectivity index (χ2v) is 9.42. The smallest absolute Gasteiger partial charge is 0.340 e. The van der Waals surface area contributed by atoms with Gasteiger partial charge >= 0.3 is 5.97 Å². The van der Waals surface area contributed by atoms with Gasteiger partial charge in [-0.25, -0.2) is 4.79 Å². The van der Waals surface area contributed by atoms with Crippen molar-refractivity contribution in [1.29, 1.82) is 0 Å². The van der Waals surface area contributed by atoms with E-state index in [1.807, 2.05) is 24.3 Å². The van der Waals surface area contributed by atoms with Crippen LogP contribution in [-0.4, -0.2) is 51.4 Å². The molecular weight excluding hydrogens is 378 g/mol. The zero-order valence-corrected chi connectivity index (χ0v) is 17.8.